The van der Waals surface area contributed by atoms with Crippen molar-refractivity contribution in [1.29, 1.82) is 0 Å². The highest BCUT2D eigenvalue weighted by molar-refractivity contribution is 5.88. The molecule has 0 aliphatic carbocycles. The molecule has 7 rings (SSSR count). The second-order valence-electron chi connectivity index (χ2n) is 9.92. The summed E-state index contributed by atoms with van der Waals surface area (Å²) in [4.78, 5) is 20.7. The fourth-order valence-corrected chi connectivity index (χ4v) is 5.28. The standard InChI is InChI=1S/C34H26N4O/c1-23-11-15-25(16-12-23)36(26-17-13-24(2)14-18-26)27-19-21-28(22-20-27)37-31-9-5-6-10-32(31)38-33(39)29-7-3-4-8-30(29)35-34(37)38/h3-22H,1-2H3. The van der Waals surface area contributed by atoms with Crippen LogP contribution in [0.1, 0.15) is 11.1 Å². The van der Waals surface area contributed by atoms with Gasteiger partial charge in [-0.3, -0.25) is 9.36 Å². The molecular weight excluding hydrogens is 480 g/mol. The number of rotatable bonds is 4. The Morgan fingerprint density at radius 3 is 1.72 bits per heavy atom. The van der Waals surface area contributed by atoms with Gasteiger partial charge in [-0.25, -0.2) is 9.38 Å². The molecule has 39 heavy (non-hydrogen) atoms. The number of aryl methyl sites for hydroxylation is 2. The van der Waals surface area contributed by atoms with E-state index in [0.29, 0.717) is 16.7 Å². The topological polar surface area (TPSA) is 42.5 Å². The first kappa shape index (κ1) is 23.0. The van der Waals surface area contributed by atoms with Gasteiger partial charge in [-0.15, -0.1) is 0 Å². The van der Waals surface area contributed by atoms with E-state index in [1.165, 1.54) is 11.1 Å². The van der Waals surface area contributed by atoms with Gasteiger partial charge in [-0.1, -0.05) is 59.7 Å². The molecular formula is C34H26N4O. The zero-order chi connectivity index (χ0) is 26.5. The maximum atomic E-state index is 13.6. The molecule has 0 bridgehead atoms. The predicted octanol–water partition coefficient (Wildman–Crippen LogP) is 7.88. The lowest BCUT2D eigenvalue weighted by Crippen LogP contribution is -2.15. The molecule has 0 saturated carbocycles. The number of nitrogens with zero attached hydrogens (tertiary/aromatic N) is 4. The minimum absolute atomic E-state index is 0.0629. The molecule has 5 heteroatoms. The number of para-hydroxylation sites is 3. The number of benzene rings is 5. The summed E-state index contributed by atoms with van der Waals surface area (Å²) in [5.41, 5.74) is 9.00. The van der Waals surface area contributed by atoms with Gasteiger partial charge in [0.15, 0.2) is 0 Å². The van der Waals surface area contributed by atoms with Gasteiger partial charge in [0.1, 0.15) is 0 Å². The summed E-state index contributed by atoms with van der Waals surface area (Å²) < 4.78 is 3.78. The Balaban J connectivity index is 1.42. The lowest BCUT2D eigenvalue weighted by atomic mass is 10.1. The summed E-state index contributed by atoms with van der Waals surface area (Å²) in [7, 11) is 0. The largest absolute Gasteiger partial charge is 0.311 e. The van der Waals surface area contributed by atoms with Crippen LogP contribution in [0.3, 0.4) is 0 Å². The molecule has 7 aromatic rings. The molecule has 0 unspecified atom stereocenters. The highest BCUT2D eigenvalue weighted by atomic mass is 16.1. The molecule has 2 aromatic heterocycles. The van der Waals surface area contributed by atoms with Gasteiger partial charge in [0, 0.05) is 22.7 Å². The summed E-state index contributed by atoms with van der Waals surface area (Å²) in [6, 6.07) is 41.1. The average molecular weight is 507 g/mol. The zero-order valence-electron chi connectivity index (χ0n) is 21.7. The van der Waals surface area contributed by atoms with Crippen molar-refractivity contribution in [3.8, 4) is 5.69 Å². The predicted molar refractivity (Wildman–Crippen MR) is 160 cm³/mol. The fourth-order valence-electron chi connectivity index (χ4n) is 5.28. The molecule has 188 valence electrons. The summed E-state index contributed by atoms with van der Waals surface area (Å²) >= 11 is 0. The van der Waals surface area contributed by atoms with E-state index in [4.69, 9.17) is 4.98 Å². The van der Waals surface area contributed by atoms with Crippen molar-refractivity contribution >= 4 is 44.8 Å². The van der Waals surface area contributed by atoms with Crippen molar-refractivity contribution in [3.05, 3.63) is 143 Å². The van der Waals surface area contributed by atoms with Gasteiger partial charge in [-0.05, 0) is 86.6 Å². The Kier molecular flexibility index (Phi) is 5.30. The summed E-state index contributed by atoms with van der Waals surface area (Å²) in [5, 5.41) is 0.611. The van der Waals surface area contributed by atoms with Crippen molar-refractivity contribution in [3.63, 3.8) is 0 Å². The van der Waals surface area contributed by atoms with E-state index in [-0.39, 0.29) is 5.56 Å². The third kappa shape index (κ3) is 3.79. The van der Waals surface area contributed by atoms with Crippen LogP contribution in [0, 0.1) is 13.8 Å². The summed E-state index contributed by atoms with van der Waals surface area (Å²) in [6.45, 7) is 4.20. The lowest BCUT2D eigenvalue weighted by Gasteiger charge is -2.26. The molecule has 0 N–H and O–H groups in total. The maximum absolute atomic E-state index is 13.6. The molecule has 0 saturated heterocycles. The molecule has 0 spiro atoms. The third-order valence-electron chi connectivity index (χ3n) is 7.27. The Labute approximate surface area is 225 Å². The van der Waals surface area contributed by atoms with Crippen LogP contribution in [-0.4, -0.2) is 14.0 Å². The SMILES string of the molecule is Cc1ccc(N(c2ccc(C)cc2)c2ccc(-n3c4ccccc4n4c(=O)c5ccccc5nc34)cc2)cc1. The first-order valence-electron chi connectivity index (χ1n) is 13.0. The van der Waals surface area contributed by atoms with Crippen molar-refractivity contribution in [1.82, 2.24) is 14.0 Å². The Morgan fingerprint density at radius 2 is 1.10 bits per heavy atom. The number of hydrogen-bond acceptors (Lipinski definition) is 3. The van der Waals surface area contributed by atoms with Crippen LogP contribution >= 0.6 is 0 Å². The minimum atomic E-state index is -0.0629. The molecule has 2 heterocycles. The number of aromatic nitrogens is 3. The van der Waals surface area contributed by atoms with Crippen LogP contribution in [0.4, 0.5) is 17.1 Å². The van der Waals surface area contributed by atoms with Gasteiger partial charge in [0.25, 0.3) is 5.56 Å². The molecule has 0 atom stereocenters. The smallest absolute Gasteiger partial charge is 0.267 e. The lowest BCUT2D eigenvalue weighted by molar-refractivity contribution is 1.05. The van der Waals surface area contributed by atoms with Crippen LogP contribution in [0.2, 0.25) is 0 Å². The Bertz CT molecular complexity index is 1990. The van der Waals surface area contributed by atoms with Gasteiger partial charge in [0.05, 0.1) is 21.9 Å². The van der Waals surface area contributed by atoms with Gasteiger partial charge in [-0.2, -0.15) is 0 Å². The molecule has 0 amide bonds. The molecule has 5 aromatic carbocycles. The van der Waals surface area contributed by atoms with Crippen LogP contribution in [0.15, 0.2) is 126 Å². The number of hydrogen-bond donors (Lipinski definition) is 0. The van der Waals surface area contributed by atoms with Crippen LogP contribution in [0.5, 0.6) is 0 Å². The molecule has 0 aliphatic heterocycles. The van der Waals surface area contributed by atoms with Crippen molar-refractivity contribution in [2.24, 2.45) is 0 Å². The van der Waals surface area contributed by atoms with Gasteiger partial charge in [0.2, 0.25) is 5.78 Å². The second kappa shape index (κ2) is 8.99. The highest BCUT2D eigenvalue weighted by Gasteiger charge is 2.18. The van der Waals surface area contributed by atoms with Crippen LogP contribution < -0.4 is 10.5 Å². The van der Waals surface area contributed by atoms with Gasteiger partial charge >= 0.3 is 0 Å². The Morgan fingerprint density at radius 1 is 0.590 bits per heavy atom. The average Bonchev–Trinajstić information content (AvgIpc) is 3.30. The van der Waals surface area contributed by atoms with E-state index < -0.39 is 0 Å². The number of fused-ring (bicyclic) bond motifs is 4. The monoisotopic (exact) mass is 506 g/mol. The number of anilines is 3. The molecule has 0 fully saturated rings. The quantitative estimate of drug-likeness (QED) is 0.244. The van der Waals surface area contributed by atoms with Gasteiger partial charge < -0.3 is 4.90 Å². The van der Waals surface area contributed by atoms with Crippen molar-refractivity contribution < 1.29 is 0 Å². The summed E-state index contributed by atoms with van der Waals surface area (Å²) in [5.74, 6) is 0.599. The first-order chi connectivity index (χ1) is 19.1. The fraction of sp³-hybridized carbons (Fsp3) is 0.0588. The summed E-state index contributed by atoms with van der Waals surface area (Å²) in [6.07, 6.45) is 0. The molecule has 5 nitrogen and oxygen atoms in total. The third-order valence-corrected chi connectivity index (χ3v) is 7.27. The molecule has 0 aliphatic rings. The molecule has 0 radical (unpaired) electrons. The van der Waals surface area contributed by atoms with E-state index >= 15 is 0 Å². The van der Waals surface area contributed by atoms with Crippen molar-refractivity contribution in [2.45, 2.75) is 13.8 Å². The van der Waals surface area contributed by atoms with Crippen LogP contribution in [-0.2, 0) is 0 Å². The van der Waals surface area contributed by atoms with E-state index in [1.807, 2.05) is 48.5 Å². The van der Waals surface area contributed by atoms with Crippen molar-refractivity contribution in [2.75, 3.05) is 4.90 Å². The van der Waals surface area contributed by atoms with Crippen LogP contribution in [0.25, 0.3) is 33.4 Å². The Hall–Kier alpha value is -5.16. The second-order valence-corrected chi connectivity index (χ2v) is 9.92. The number of imidazole rings is 1. The van der Waals surface area contributed by atoms with E-state index in [1.54, 1.807) is 4.40 Å². The highest BCUT2D eigenvalue weighted by Crippen LogP contribution is 2.35. The van der Waals surface area contributed by atoms with E-state index in [9.17, 15) is 4.79 Å². The minimum Gasteiger partial charge on any atom is -0.311 e. The van der Waals surface area contributed by atoms with E-state index in [0.717, 1.165) is 33.8 Å². The normalized spacial score (nSPS) is 11.4. The maximum Gasteiger partial charge on any atom is 0.267 e. The zero-order valence-corrected chi connectivity index (χ0v) is 21.7. The first-order valence-corrected chi connectivity index (χ1v) is 13.0. The van der Waals surface area contributed by atoms with E-state index in [2.05, 4.69) is 96.1 Å².